The third-order valence-corrected chi connectivity index (χ3v) is 4.74. The summed E-state index contributed by atoms with van der Waals surface area (Å²) in [5, 5.41) is 14.2. The Kier molecular flexibility index (Phi) is 4.95. The van der Waals surface area contributed by atoms with E-state index in [-0.39, 0.29) is 23.8 Å². The molecule has 1 saturated heterocycles. The molecule has 2 heterocycles. The number of aliphatic hydroxyl groups is 1. The number of para-hydroxylation sites is 1. The van der Waals surface area contributed by atoms with Crippen LogP contribution in [0.15, 0.2) is 36.5 Å². The standard InChI is InChI=1S/C20H27N3O2/c1-20(2,3)18-17(13-23(21-18)16-9-5-4-6-10-16)19(25)22-11-7-8-15(12-22)14-24/h4-6,9-10,13,15,24H,7-8,11-12,14H2,1-3H3. The summed E-state index contributed by atoms with van der Waals surface area (Å²) in [6, 6.07) is 9.86. The molecule has 1 aliphatic rings. The molecule has 5 nitrogen and oxygen atoms in total. The molecule has 1 N–H and O–H groups in total. The van der Waals surface area contributed by atoms with Gasteiger partial charge in [-0.05, 0) is 30.9 Å². The average molecular weight is 341 g/mol. The lowest BCUT2D eigenvalue weighted by atomic mass is 9.89. The van der Waals surface area contributed by atoms with E-state index in [4.69, 9.17) is 5.10 Å². The number of piperidine rings is 1. The maximum absolute atomic E-state index is 13.2. The van der Waals surface area contributed by atoms with Crippen molar-refractivity contribution in [3.05, 3.63) is 47.8 Å². The normalized spacial score (nSPS) is 18.4. The summed E-state index contributed by atoms with van der Waals surface area (Å²) < 4.78 is 1.79. The molecule has 1 fully saturated rings. The van der Waals surface area contributed by atoms with Crippen LogP contribution in [0.1, 0.15) is 49.7 Å². The zero-order valence-electron chi connectivity index (χ0n) is 15.3. The fourth-order valence-corrected chi connectivity index (χ4v) is 3.37. The van der Waals surface area contributed by atoms with Crippen LogP contribution in [-0.2, 0) is 5.41 Å². The lowest BCUT2D eigenvalue weighted by Crippen LogP contribution is -2.41. The highest BCUT2D eigenvalue weighted by Gasteiger charge is 2.31. The van der Waals surface area contributed by atoms with Gasteiger partial charge in [-0.15, -0.1) is 0 Å². The number of carbonyl (C=O) groups is 1. The van der Waals surface area contributed by atoms with Gasteiger partial charge in [0.2, 0.25) is 0 Å². The van der Waals surface area contributed by atoms with Crippen molar-refractivity contribution in [3.63, 3.8) is 0 Å². The topological polar surface area (TPSA) is 58.4 Å². The molecule has 1 aromatic heterocycles. The summed E-state index contributed by atoms with van der Waals surface area (Å²) in [7, 11) is 0. The van der Waals surface area contributed by atoms with E-state index in [0.29, 0.717) is 12.1 Å². The summed E-state index contributed by atoms with van der Waals surface area (Å²) in [4.78, 5) is 15.0. The number of aliphatic hydroxyl groups excluding tert-OH is 1. The van der Waals surface area contributed by atoms with Gasteiger partial charge in [0.1, 0.15) is 0 Å². The summed E-state index contributed by atoms with van der Waals surface area (Å²) in [5.74, 6) is 0.199. The van der Waals surface area contributed by atoms with E-state index < -0.39 is 0 Å². The van der Waals surface area contributed by atoms with Crippen LogP contribution in [0.25, 0.3) is 5.69 Å². The van der Waals surface area contributed by atoms with Crippen molar-refractivity contribution in [3.8, 4) is 5.69 Å². The SMILES string of the molecule is CC(C)(C)c1nn(-c2ccccc2)cc1C(=O)N1CCCC(CO)C1. The van der Waals surface area contributed by atoms with Crippen LogP contribution in [0, 0.1) is 5.92 Å². The molecule has 1 atom stereocenters. The third kappa shape index (κ3) is 3.76. The van der Waals surface area contributed by atoms with Crippen molar-refractivity contribution in [2.24, 2.45) is 5.92 Å². The number of hydrogen-bond donors (Lipinski definition) is 1. The largest absolute Gasteiger partial charge is 0.396 e. The number of hydrogen-bond acceptors (Lipinski definition) is 3. The Morgan fingerprint density at radius 2 is 2.00 bits per heavy atom. The molecular formula is C20H27N3O2. The van der Waals surface area contributed by atoms with E-state index in [1.807, 2.05) is 41.4 Å². The number of nitrogens with zero attached hydrogens (tertiary/aromatic N) is 3. The summed E-state index contributed by atoms with van der Waals surface area (Å²) in [5.41, 5.74) is 2.19. The monoisotopic (exact) mass is 341 g/mol. The van der Waals surface area contributed by atoms with Gasteiger partial charge < -0.3 is 10.0 Å². The van der Waals surface area contributed by atoms with Gasteiger partial charge in [-0.3, -0.25) is 4.79 Å². The number of benzene rings is 1. The van der Waals surface area contributed by atoms with Gasteiger partial charge in [-0.25, -0.2) is 4.68 Å². The molecule has 0 aliphatic carbocycles. The molecule has 1 unspecified atom stereocenters. The van der Waals surface area contributed by atoms with Crippen molar-refractivity contribution in [1.82, 2.24) is 14.7 Å². The van der Waals surface area contributed by atoms with Gasteiger partial charge in [0, 0.05) is 31.3 Å². The fourth-order valence-electron chi connectivity index (χ4n) is 3.37. The van der Waals surface area contributed by atoms with Crippen LogP contribution in [0.3, 0.4) is 0 Å². The Balaban J connectivity index is 1.96. The maximum Gasteiger partial charge on any atom is 0.257 e. The van der Waals surface area contributed by atoms with E-state index in [9.17, 15) is 9.90 Å². The quantitative estimate of drug-likeness (QED) is 0.933. The number of carbonyl (C=O) groups excluding carboxylic acids is 1. The molecule has 1 aromatic carbocycles. The number of likely N-dealkylation sites (tertiary alicyclic amines) is 1. The van der Waals surface area contributed by atoms with Crippen molar-refractivity contribution >= 4 is 5.91 Å². The molecule has 2 aromatic rings. The Hall–Kier alpha value is -2.14. The third-order valence-electron chi connectivity index (χ3n) is 4.74. The van der Waals surface area contributed by atoms with Gasteiger partial charge in [0.25, 0.3) is 5.91 Å². The molecule has 0 saturated carbocycles. The van der Waals surface area contributed by atoms with Gasteiger partial charge in [0.15, 0.2) is 0 Å². The first-order valence-corrected chi connectivity index (χ1v) is 8.96. The molecule has 1 amide bonds. The van der Waals surface area contributed by atoms with E-state index in [2.05, 4.69) is 20.8 Å². The molecule has 1 aliphatic heterocycles. The Morgan fingerprint density at radius 1 is 1.28 bits per heavy atom. The van der Waals surface area contributed by atoms with Crippen molar-refractivity contribution in [1.29, 1.82) is 0 Å². The first-order chi connectivity index (χ1) is 11.9. The molecule has 5 heteroatoms. The Morgan fingerprint density at radius 3 is 2.64 bits per heavy atom. The second-order valence-electron chi connectivity index (χ2n) is 7.86. The van der Waals surface area contributed by atoms with Gasteiger partial charge in [-0.1, -0.05) is 39.0 Å². The number of amides is 1. The van der Waals surface area contributed by atoms with Crippen LogP contribution < -0.4 is 0 Å². The maximum atomic E-state index is 13.2. The molecule has 0 spiro atoms. The Labute approximate surface area is 149 Å². The van der Waals surface area contributed by atoms with Gasteiger partial charge in [-0.2, -0.15) is 5.10 Å². The summed E-state index contributed by atoms with van der Waals surface area (Å²) >= 11 is 0. The number of aromatic nitrogens is 2. The first-order valence-electron chi connectivity index (χ1n) is 8.96. The van der Waals surface area contributed by atoms with Crippen LogP contribution in [-0.4, -0.2) is 45.4 Å². The second kappa shape index (κ2) is 7.00. The van der Waals surface area contributed by atoms with E-state index in [1.54, 1.807) is 4.68 Å². The molecule has 134 valence electrons. The minimum Gasteiger partial charge on any atom is -0.396 e. The minimum absolute atomic E-state index is 0.0188. The fraction of sp³-hybridized carbons (Fsp3) is 0.500. The van der Waals surface area contributed by atoms with Crippen molar-refractivity contribution in [2.75, 3.05) is 19.7 Å². The molecular weight excluding hydrogens is 314 g/mol. The number of rotatable bonds is 3. The second-order valence-corrected chi connectivity index (χ2v) is 7.86. The molecule has 0 bridgehead atoms. The molecule has 0 radical (unpaired) electrons. The van der Waals surface area contributed by atoms with Crippen LogP contribution >= 0.6 is 0 Å². The van der Waals surface area contributed by atoms with Crippen LogP contribution in [0.4, 0.5) is 0 Å². The summed E-state index contributed by atoms with van der Waals surface area (Å²) in [6.45, 7) is 7.74. The van der Waals surface area contributed by atoms with E-state index in [1.165, 1.54) is 0 Å². The van der Waals surface area contributed by atoms with Gasteiger partial charge >= 0.3 is 0 Å². The average Bonchev–Trinajstić information content (AvgIpc) is 3.08. The predicted octanol–water partition coefficient (Wildman–Crippen LogP) is 3.01. The minimum atomic E-state index is -0.225. The van der Waals surface area contributed by atoms with Crippen molar-refractivity contribution in [2.45, 2.75) is 39.0 Å². The summed E-state index contributed by atoms with van der Waals surface area (Å²) in [6.07, 6.45) is 3.77. The highest BCUT2D eigenvalue weighted by atomic mass is 16.3. The highest BCUT2D eigenvalue weighted by Crippen LogP contribution is 2.28. The van der Waals surface area contributed by atoms with E-state index in [0.717, 1.165) is 30.8 Å². The zero-order chi connectivity index (χ0) is 18.0. The van der Waals surface area contributed by atoms with Crippen LogP contribution in [0.5, 0.6) is 0 Å². The van der Waals surface area contributed by atoms with Crippen LogP contribution in [0.2, 0.25) is 0 Å². The first kappa shape index (κ1) is 17.7. The smallest absolute Gasteiger partial charge is 0.257 e. The molecule has 3 rings (SSSR count). The lowest BCUT2D eigenvalue weighted by molar-refractivity contribution is 0.0618. The molecule has 25 heavy (non-hydrogen) atoms. The Bertz CT molecular complexity index is 731. The van der Waals surface area contributed by atoms with Crippen molar-refractivity contribution < 1.29 is 9.90 Å². The highest BCUT2D eigenvalue weighted by molar-refractivity contribution is 5.95. The van der Waals surface area contributed by atoms with E-state index >= 15 is 0 Å². The zero-order valence-corrected chi connectivity index (χ0v) is 15.3. The van der Waals surface area contributed by atoms with Gasteiger partial charge in [0.05, 0.1) is 16.9 Å². The predicted molar refractivity (Wildman–Crippen MR) is 98.0 cm³/mol. The lowest BCUT2D eigenvalue weighted by Gasteiger charge is -2.32.